The predicted molar refractivity (Wildman–Crippen MR) is 118 cm³/mol. The van der Waals surface area contributed by atoms with E-state index >= 15 is 0 Å². The Labute approximate surface area is 191 Å². The third-order valence-electron chi connectivity index (χ3n) is 6.77. The first kappa shape index (κ1) is 23.4. The van der Waals surface area contributed by atoms with Gasteiger partial charge in [-0.1, -0.05) is 32.1 Å². The molecule has 4 atom stereocenters. The van der Waals surface area contributed by atoms with Crippen molar-refractivity contribution in [2.24, 2.45) is 11.1 Å². The van der Waals surface area contributed by atoms with Crippen LogP contribution in [0.15, 0.2) is 6.33 Å². The lowest BCUT2D eigenvalue weighted by atomic mass is 9.79. The summed E-state index contributed by atoms with van der Waals surface area (Å²) in [6.45, 7) is 1.46. The molecule has 0 spiro atoms. The van der Waals surface area contributed by atoms with Crippen molar-refractivity contribution in [2.45, 2.75) is 75.9 Å². The van der Waals surface area contributed by atoms with Crippen molar-refractivity contribution >= 4 is 22.9 Å². The van der Waals surface area contributed by atoms with Crippen LogP contribution in [0, 0.1) is 17.3 Å². The molecule has 3 heterocycles. The number of rotatable bonds is 8. The molecular formula is C22H30N6O5. The Bertz CT molecular complexity index is 1100. The minimum Gasteiger partial charge on any atom is -0.393 e. The van der Waals surface area contributed by atoms with Gasteiger partial charge in [0.25, 0.3) is 0 Å². The fourth-order valence-electron chi connectivity index (χ4n) is 4.65. The minimum absolute atomic E-state index is 0.117. The van der Waals surface area contributed by atoms with Crippen LogP contribution in [0.3, 0.4) is 0 Å². The summed E-state index contributed by atoms with van der Waals surface area (Å²) in [5.74, 6) is 5.59. The lowest BCUT2D eigenvalue weighted by molar-refractivity contribution is -0.176. The molecule has 0 bridgehead atoms. The Balaban J connectivity index is 1.65. The number of aromatic nitrogens is 4. The van der Waals surface area contributed by atoms with Crippen molar-refractivity contribution in [1.82, 2.24) is 19.5 Å². The number of amides is 1. The number of aliphatic hydroxyl groups is 3. The van der Waals surface area contributed by atoms with E-state index in [2.05, 4.69) is 33.7 Å². The van der Waals surface area contributed by atoms with E-state index in [0.717, 1.165) is 25.7 Å². The lowest BCUT2D eigenvalue weighted by Gasteiger charge is -2.36. The van der Waals surface area contributed by atoms with Gasteiger partial charge in [0.05, 0.1) is 18.3 Å². The van der Waals surface area contributed by atoms with Gasteiger partial charge in [-0.15, -0.1) is 0 Å². The first-order valence-electron chi connectivity index (χ1n) is 11.2. The Morgan fingerprint density at radius 2 is 2.06 bits per heavy atom. The zero-order chi connectivity index (χ0) is 23.8. The van der Waals surface area contributed by atoms with Crippen LogP contribution in [0.1, 0.15) is 63.9 Å². The topological polar surface area (TPSA) is 183 Å². The number of nitrogens with two attached hydrogens (primary N) is 2. The first-order valence-corrected chi connectivity index (χ1v) is 11.2. The molecule has 2 fully saturated rings. The van der Waals surface area contributed by atoms with Crippen LogP contribution in [-0.2, 0) is 9.53 Å². The molecule has 2 unspecified atom stereocenters. The molecule has 1 saturated heterocycles. The zero-order valence-corrected chi connectivity index (χ0v) is 18.6. The summed E-state index contributed by atoms with van der Waals surface area (Å²) < 4.78 is 7.42. The van der Waals surface area contributed by atoms with Gasteiger partial charge in [-0.25, -0.2) is 15.0 Å². The Morgan fingerprint density at radius 1 is 1.30 bits per heavy atom. The van der Waals surface area contributed by atoms with Gasteiger partial charge in [-0.3, -0.25) is 9.36 Å². The smallest absolute Gasteiger partial charge is 0.226 e. The summed E-state index contributed by atoms with van der Waals surface area (Å²) in [5.41, 5.74) is 9.17. The number of primary amides is 1. The van der Waals surface area contributed by atoms with Gasteiger partial charge < -0.3 is 31.5 Å². The second kappa shape index (κ2) is 8.87. The molecule has 2 aromatic rings. The highest BCUT2D eigenvalue weighted by atomic mass is 16.6. The Hall–Kier alpha value is -2.78. The van der Waals surface area contributed by atoms with Crippen LogP contribution in [0.2, 0.25) is 0 Å². The van der Waals surface area contributed by atoms with Gasteiger partial charge in [0.2, 0.25) is 11.7 Å². The fourth-order valence-corrected chi connectivity index (χ4v) is 4.65. The van der Waals surface area contributed by atoms with Gasteiger partial charge in [0.15, 0.2) is 17.7 Å². The molecule has 11 nitrogen and oxygen atoms in total. The second-order valence-corrected chi connectivity index (χ2v) is 8.81. The van der Waals surface area contributed by atoms with E-state index in [0.29, 0.717) is 19.3 Å². The van der Waals surface area contributed by atoms with E-state index in [1.165, 1.54) is 10.9 Å². The molecule has 0 aromatic carbocycles. The summed E-state index contributed by atoms with van der Waals surface area (Å²) >= 11 is 0. The average Bonchev–Trinajstić information content (AvgIpc) is 3.45. The van der Waals surface area contributed by atoms with Gasteiger partial charge >= 0.3 is 0 Å². The van der Waals surface area contributed by atoms with Gasteiger partial charge in [-0.2, -0.15) is 0 Å². The third-order valence-corrected chi connectivity index (χ3v) is 6.77. The first-order chi connectivity index (χ1) is 15.8. The van der Waals surface area contributed by atoms with Crippen LogP contribution in [0.25, 0.3) is 11.2 Å². The van der Waals surface area contributed by atoms with Gasteiger partial charge in [0.1, 0.15) is 23.3 Å². The molecule has 2 aromatic heterocycles. The normalized spacial score (nSPS) is 27.9. The Morgan fingerprint density at radius 3 is 2.70 bits per heavy atom. The number of carbonyl (C=O) groups excluding carboxylic acids is 1. The number of unbranched alkanes of at least 4 members (excludes halogenated alkanes) is 4. The molecule has 1 saturated carbocycles. The molecule has 11 heteroatoms. The van der Waals surface area contributed by atoms with E-state index in [1.807, 2.05) is 0 Å². The van der Waals surface area contributed by atoms with Crippen molar-refractivity contribution in [3.8, 4) is 11.8 Å². The van der Waals surface area contributed by atoms with Crippen molar-refractivity contribution in [1.29, 1.82) is 0 Å². The summed E-state index contributed by atoms with van der Waals surface area (Å²) in [6, 6.07) is 0. The van der Waals surface area contributed by atoms with Crippen LogP contribution in [-0.4, -0.2) is 65.2 Å². The van der Waals surface area contributed by atoms with Crippen LogP contribution < -0.4 is 11.5 Å². The standard InChI is InChI=1S/C22H30N6O5/c1-2-3-4-5-6-7-8-13-26-17(23)14-18(27-13)28(12-25-14)19-15(30)16(31)22(11-29,33-19)21(9-10-21)20(24)32/h12,15-16,19,29-31H,2-6,9-11H2,1H3,(H2,24,32)(H2,23,26,27)/t15?,16?,19-,22+/m1/s1. The number of anilines is 1. The number of hydrogen-bond acceptors (Lipinski definition) is 9. The number of ether oxygens (including phenoxy) is 1. The molecule has 2 aliphatic rings. The van der Waals surface area contributed by atoms with Crippen molar-refractivity contribution in [3.05, 3.63) is 12.2 Å². The van der Waals surface area contributed by atoms with E-state index < -0.39 is 42.0 Å². The summed E-state index contributed by atoms with van der Waals surface area (Å²) in [4.78, 5) is 25.0. The quantitative estimate of drug-likeness (QED) is 0.268. The van der Waals surface area contributed by atoms with Crippen molar-refractivity contribution in [3.63, 3.8) is 0 Å². The number of carbonyl (C=O) groups is 1. The molecule has 1 aliphatic carbocycles. The fraction of sp³-hybridized carbons (Fsp3) is 0.636. The van der Waals surface area contributed by atoms with E-state index in [4.69, 9.17) is 16.2 Å². The number of nitrogen functional groups attached to an aromatic ring is 1. The molecule has 1 amide bonds. The zero-order valence-electron chi connectivity index (χ0n) is 18.6. The summed E-state index contributed by atoms with van der Waals surface area (Å²) in [7, 11) is 0. The highest BCUT2D eigenvalue weighted by Crippen LogP contribution is 2.61. The summed E-state index contributed by atoms with van der Waals surface area (Å²) in [5, 5.41) is 31.8. The number of hydrogen-bond donors (Lipinski definition) is 5. The summed E-state index contributed by atoms with van der Waals surface area (Å²) in [6.07, 6.45) is 2.96. The third kappa shape index (κ3) is 3.73. The van der Waals surface area contributed by atoms with E-state index in [1.54, 1.807) is 0 Å². The highest BCUT2D eigenvalue weighted by molar-refractivity contribution is 5.85. The SMILES string of the molecule is CCCCCCC#Cc1nc(N)c2ncn([C@@H]3O[C@](CO)(C4(C(N)=O)CC4)C(O)C3O)c2n1. The van der Waals surface area contributed by atoms with Crippen LogP contribution >= 0.6 is 0 Å². The van der Waals surface area contributed by atoms with Gasteiger partial charge in [-0.05, 0) is 25.2 Å². The molecule has 33 heavy (non-hydrogen) atoms. The molecule has 4 rings (SSSR count). The number of nitrogens with zero attached hydrogens (tertiary/aromatic N) is 4. The van der Waals surface area contributed by atoms with Gasteiger partial charge in [0, 0.05) is 6.42 Å². The maximum Gasteiger partial charge on any atom is 0.226 e. The van der Waals surface area contributed by atoms with E-state index in [9.17, 15) is 20.1 Å². The van der Waals surface area contributed by atoms with Crippen LogP contribution in [0.5, 0.6) is 0 Å². The Kier molecular flexibility index (Phi) is 6.28. The maximum absolute atomic E-state index is 12.1. The van der Waals surface area contributed by atoms with Crippen molar-refractivity contribution < 1.29 is 24.9 Å². The number of fused-ring (bicyclic) bond motifs is 1. The number of aliphatic hydroxyl groups excluding tert-OH is 3. The number of imidazole rings is 1. The molecule has 7 N–H and O–H groups in total. The van der Waals surface area contributed by atoms with Crippen molar-refractivity contribution in [2.75, 3.05) is 12.3 Å². The minimum atomic E-state index is -1.74. The largest absolute Gasteiger partial charge is 0.393 e. The average molecular weight is 459 g/mol. The molecular weight excluding hydrogens is 428 g/mol. The van der Waals surface area contributed by atoms with Crippen LogP contribution in [0.4, 0.5) is 5.82 Å². The molecule has 0 radical (unpaired) electrons. The van der Waals surface area contributed by atoms with E-state index in [-0.39, 0.29) is 22.8 Å². The predicted octanol–water partition coefficient (Wildman–Crippen LogP) is -0.0224. The lowest BCUT2D eigenvalue weighted by Crippen LogP contribution is -2.57. The monoisotopic (exact) mass is 458 g/mol. The molecule has 178 valence electrons. The maximum atomic E-state index is 12.1. The second-order valence-electron chi connectivity index (χ2n) is 8.81. The highest BCUT2D eigenvalue weighted by Gasteiger charge is 2.72. The molecule has 1 aliphatic heterocycles.